The summed E-state index contributed by atoms with van der Waals surface area (Å²) in [4.78, 5) is 9.80. The van der Waals surface area contributed by atoms with Crippen molar-refractivity contribution in [2.45, 2.75) is 5.72 Å². The Labute approximate surface area is 77.9 Å². The van der Waals surface area contributed by atoms with Crippen molar-refractivity contribution in [3.05, 3.63) is 0 Å². The maximum atomic E-state index is 9.80. The molecule has 0 rings (SSSR count). The molecule has 11 heavy (non-hydrogen) atoms. The van der Waals surface area contributed by atoms with Gasteiger partial charge in [0.15, 0.2) is 0 Å². The first-order valence-corrected chi connectivity index (χ1v) is 1.95. The Morgan fingerprint density at radius 1 is 1.45 bits per heavy atom. The number of carbonyl (C=O) groups is 1. The van der Waals surface area contributed by atoms with Gasteiger partial charge in [0, 0.05) is 28.3 Å². The van der Waals surface area contributed by atoms with E-state index in [4.69, 9.17) is 15.9 Å². The molecule has 0 saturated heterocycles. The van der Waals surface area contributed by atoms with Gasteiger partial charge in [0.2, 0.25) is 5.72 Å². The second-order valence-electron chi connectivity index (χ2n) is 1.43. The molecule has 0 aliphatic rings. The van der Waals surface area contributed by atoms with Crippen LogP contribution in [-0.2, 0) is 26.5 Å². The number of carboxylic acids is 1. The Morgan fingerprint density at radius 3 is 1.73 bits per heavy atom. The van der Waals surface area contributed by atoms with E-state index in [0.29, 0.717) is 0 Å². The maximum Gasteiger partial charge on any atom is 0.352 e. The van der Waals surface area contributed by atoms with Gasteiger partial charge in [0.05, 0.1) is 0 Å². The van der Waals surface area contributed by atoms with Gasteiger partial charge in [-0.25, -0.2) is 4.79 Å². The van der Waals surface area contributed by atoms with E-state index >= 15 is 0 Å². The van der Waals surface area contributed by atoms with Crippen LogP contribution in [0.15, 0.2) is 0 Å². The summed E-state index contributed by atoms with van der Waals surface area (Å²) in [5.74, 6) is -1.51. The third kappa shape index (κ3) is 7.89. The minimum absolute atomic E-state index is 0. The van der Waals surface area contributed by atoms with Crippen molar-refractivity contribution in [2.24, 2.45) is 11.5 Å². The van der Waals surface area contributed by atoms with Crippen molar-refractivity contribution < 1.29 is 47.7 Å². The van der Waals surface area contributed by atoms with Gasteiger partial charge in [0.25, 0.3) is 0 Å². The van der Waals surface area contributed by atoms with Crippen molar-refractivity contribution >= 4 is 5.97 Å². The fourth-order valence-electron chi connectivity index (χ4n) is 0.0873. The topological polar surface area (TPSA) is 173 Å². The molecular weight excluding hydrogens is 192 g/mol. The van der Waals surface area contributed by atoms with Crippen molar-refractivity contribution in [3.63, 3.8) is 0 Å². The van der Waals surface area contributed by atoms with Gasteiger partial charge in [-0.05, 0) is 0 Å². The van der Waals surface area contributed by atoms with Crippen LogP contribution in [0, 0.1) is 0 Å². The van der Waals surface area contributed by atoms with Gasteiger partial charge < -0.3 is 26.9 Å². The number of aliphatic hydroxyl groups is 1. The molecule has 1 atom stereocenters. The molecule has 0 fully saturated rings. The van der Waals surface area contributed by atoms with Crippen LogP contribution in [0.1, 0.15) is 0 Å². The van der Waals surface area contributed by atoms with Gasteiger partial charge in [-0.2, -0.15) is 0 Å². The Morgan fingerprint density at radius 2 is 1.73 bits per heavy atom. The number of hydrogen-bond acceptors (Lipinski definition) is 4. The fraction of sp³-hybridized carbons (Fsp3) is 0.667. The summed E-state index contributed by atoms with van der Waals surface area (Å²) in [7, 11) is 0. The van der Waals surface area contributed by atoms with Crippen LogP contribution in [0.2, 0.25) is 0 Å². The quantitative estimate of drug-likeness (QED) is 0.264. The van der Waals surface area contributed by atoms with E-state index < -0.39 is 18.2 Å². The number of carboxylic acid groups (broad SMARTS) is 1. The number of hydrogen-bond donors (Lipinski definition) is 4. The second kappa shape index (κ2) is 8.08. The van der Waals surface area contributed by atoms with Crippen molar-refractivity contribution in [1.29, 1.82) is 0 Å². The van der Waals surface area contributed by atoms with E-state index in [1.54, 1.807) is 0 Å². The largest absolute Gasteiger partial charge is 0.478 e. The number of aliphatic carboxylic acids is 1. The minimum Gasteiger partial charge on any atom is -0.478 e. The summed E-state index contributed by atoms with van der Waals surface area (Å²) in [6.07, 6.45) is 0. The molecule has 0 aliphatic carbocycles. The average molecular weight is 204 g/mol. The first-order valence-electron chi connectivity index (χ1n) is 1.95. The predicted molar refractivity (Wildman–Crippen MR) is 33.1 cm³/mol. The molecule has 0 amide bonds. The summed E-state index contributed by atoms with van der Waals surface area (Å²) < 4.78 is 0. The molecule has 1 unspecified atom stereocenters. The smallest absolute Gasteiger partial charge is 0.352 e. The zero-order valence-electron chi connectivity index (χ0n) is 5.66. The normalized spacial score (nSPS) is 12.6. The molecule has 7 nitrogen and oxygen atoms in total. The molecule has 0 aromatic heterocycles. The minimum atomic E-state index is -2.26. The zero-order chi connectivity index (χ0) is 6.78. The molecule has 0 saturated carbocycles. The zero-order valence-corrected chi connectivity index (χ0v) is 7.23. The molecule has 0 heterocycles. The van der Waals surface area contributed by atoms with E-state index in [1.165, 1.54) is 0 Å². The van der Waals surface area contributed by atoms with Crippen LogP contribution in [0.4, 0.5) is 0 Å². The Hall–Kier alpha value is -0.0157. The van der Waals surface area contributed by atoms with Crippen LogP contribution in [0.3, 0.4) is 0 Å². The SMILES string of the molecule is NCC(N)(O)C(=O)O.O.O.[Ti]. The molecule has 0 aromatic carbocycles. The summed E-state index contributed by atoms with van der Waals surface area (Å²) in [5, 5.41) is 16.4. The third-order valence-electron chi connectivity index (χ3n) is 0.682. The standard InChI is InChI=1S/C3H8N2O3.2H2O.Ti/c4-1-3(5,8)2(6)7;;;/h8H,1,4-5H2,(H,6,7);2*1H2;. The molecule has 0 aromatic rings. The molecule has 0 radical (unpaired) electrons. The van der Waals surface area contributed by atoms with Crippen LogP contribution in [0.25, 0.3) is 0 Å². The molecule has 68 valence electrons. The van der Waals surface area contributed by atoms with Gasteiger partial charge in [0.1, 0.15) is 0 Å². The first-order chi connectivity index (χ1) is 3.50. The monoisotopic (exact) mass is 204 g/mol. The second-order valence-corrected chi connectivity index (χ2v) is 1.43. The summed E-state index contributed by atoms with van der Waals surface area (Å²) >= 11 is 0. The number of rotatable bonds is 2. The molecule has 10 N–H and O–H groups in total. The van der Waals surface area contributed by atoms with E-state index in [-0.39, 0.29) is 32.7 Å². The number of nitrogens with two attached hydrogens (primary N) is 2. The van der Waals surface area contributed by atoms with E-state index in [9.17, 15) is 4.79 Å². The van der Waals surface area contributed by atoms with E-state index in [1.807, 2.05) is 0 Å². The Bertz CT molecular complexity index is 108. The van der Waals surface area contributed by atoms with Crippen LogP contribution < -0.4 is 11.5 Å². The maximum absolute atomic E-state index is 9.80. The summed E-state index contributed by atoms with van der Waals surface area (Å²) in [6.45, 7) is -0.484. The molecule has 0 aliphatic heterocycles. The first kappa shape index (κ1) is 22.4. The van der Waals surface area contributed by atoms with Gasteiger partial charge >= 0.3 is 5.97 Å². The average Bonchev–Trinajstić information content (AvgIpc) is 1.67. The van der Waals surface area contributed by atoms with E-state index in [2.05, 4.69) is 5.73 Å². The van der Waals surface area contributed by atoms with Crippen LogP contribution >= 0.6 is 0 Å². The fourth-order valence-corrected chi connectivity index (χ4v) is 0.0873. The van der Waals surface area contributed by atoms with E-state index in [0.717, 1.165) is 0 Å². The van der Waals surface area contributed by atoms with Crippen molar-refractivity contribution in [3.8, 4) is 0 Å². The molecule has 0 spiro atoms. The van der Waals surface area contributed by atoms with Crippen LogP contribution in [-0.4, -0.2) is 39.4 Å². The predicted octanol–water partition coefficient (Wildman–Crippen LogP) is -3.97. The van der Waals surface area contributed by atoms with Gasteiger partial charge in [-0.1, -0.05) is 0 Å². The van der Waals surface area contributed by atoms with Crippen LogP contribution in [0.5, 0.6) is 0 Å². The molecular formula is C3H12N2O5Ti. The van der Waals surface area contributed by atoms with Gasteiger partial charge in [-0.15, -0.1) is 0 Å². The van der Waals surface area contributed by atoms with Gasteiger partial charge in [-0.3, -0.25) is 5.73 Å². The summed E-state index contributed by atoms with van der Waals surface area (Å²) in [6, 6.07) is 0. The van der Waals surface area contributed by atoms with Crippen molar-refractivity contribution in [2.75, 3.05) is 6.54 Å². The van der Waals surface area contributed by atoms with Crippen molar-refractivity contribution in [1.82, 2.24) is 0 Å². The Kier molecular flexibility index (Phi) is 16.5. The third-order valence-corrected chi connectivity index (χ3v) is 0.682. The Balaban J connectivity index is -0.0000000817. The molecule has 8 heteroatoms. The summed E-state index contributed by atoms with van der Waals surface area (Å²) in [5.41, 5.74) is 7.18. The molecule has 0 bridgehead atoms.